The van der Waals surface area contributed by atoms with Crippen LogP contribution in [0.4, 0.5) is 0 Å². The van der Waals surface area contributed by atoms with Gasteiger partial charge in [0.25, 0.3) is 0 Å². The largest absolute Gasteiger partial charge is 0.472 e. The van der Waals surface area contributed by atoms with Crippen molar-refractivity contribution in [3.63, 3.8) is 0 Å². The Bertz CT molecular complexity index is 296. The number of furan rings is 1. The smallest absolute Gasteiger partial charge is 0.222 e. The summed E-state index contributed by atoms with van der Waals surface area (Å²) in [6.45, 7) is 3.11. The minimum atomic E-state index is 0.120. The highest BCUT2D eigenvalue weighted by Gasteiger charge is 2.12. The molecule has 0 bridgehead atoms. The van der Waals surface area contributed by atoms with Gasteiger partial charge in [0.1, 0.15) is 0 Å². The van der Waals surface area contributed by atoms with Gasteiger partial charge in [-0.15, -0.1) is 0 Å². The quantitative estimate of drug-likeness (QED) is 0.795. The van der Waals surface area contributed by atoms with Crippen molar-refractivity contribution in [2.45, 2.75) is 19.9 Å². The third-order valence-corrected chi connectivity index (χ3v) is 2.35. The topological polar surface area (TPSA) is 59.5 Å². The molecular weight excluding hydrogens is 192 g/mol. The number of carbonyl (C=O) groups excluding carboxylic acids is 1. The first kappa shape index (κ1) is 11.8. The predicted octanol–water partition coefficient (Wildman–Crippen LogP) is 1.22. The van der Waals surface area contributed by atoms with Gasteiger partial charge in [0, 0.05) is 25.6 Å². The maximum absolute atomic E-state index is 11.7. The van der Waals surface area contributed by atoms with Crippen LogP contribution < -0.4 is 5.73 Å². The van der Waals surface area contributed by atoms with Crippen LogP contribution in [0.25, 0.3) is 0 Å². The Kier molecular flexibility index (Phi) is 4.37. The standard InChI is InChI=1S/C11H18N2O2/c1-9(6-12)5-11(14)13(2)7-10-3-4-15-8-10/h3-4,8-9H,5-7,12H2,1-2H3. The molecule has 1 aromatic heterocycles. The second-order valence-corrected chi connectivity index (χ2v) is 3.93. The van der Waals surface area contributed by atoms with Crippen LogP contribution in [0.3, 0.4) is 0 Å². The van der Waals surface area contributed by atoms with E-state index in [0.717, 1.165) is 5.56 Å². The molecule has 0 aliphatic heterocycles. The van der Waals surface area contributed by atoms with Crippen LogP contribution in [0.1, 0.15) is 18.9 Å². The average molecular weight is 210 g/mol. The van der Waals surface area contributed by atoms with Crippen molar-refractivity contribution in [1.82, 2.24) is 4.90 Å². The van der Waals surface area contributed by atoms with Gasteiger partial charge in [0.2, 0.25) is 5.91 Å². The van der Waals surface area contributed by atoms with E-state index < -0.39 is 0 Å². The van der Waals surface area contributed by atoms with E-state index in [1.54, 1.807) is 24.5 Å². The predicted molar refractivity (Wildman–Crippen MR) is 58.0 cm³/mol. The zero-order valence-electron chi connectivity index (χ0n) is 9.27. The zero-order chi connectivity index (χ0) is 11.3. The van der Waals surface area contributed by atoms with Gasteiger partial charge in [-0.05, 0) is 18.5 Å². The molecule has 4 nitrogen and oxygen atoms in total. The van der Waals surface area contributed by atoms with Crippen LogP contribution in [0.15, 0.2) is 23.0 Å². The van der Waals surface area contributed by atoms with Crippen molar-refractivity contribution < 1.29 is 9.21 Å². The minimum absolute atomic E-state index is 0.120. The lowest BCUT2D eigenvalue weighted by Gasteiger charge is -2.18. The molecule has 1 unspecified atom stereocenters. The maximum atomic E-state index is 11.7. The summed E-state index contributed by atoms with van der Waals surface area (Å²) < 4.78 is 4.94. The number of hydrogen-bond acceptors (Lipinski definition) is 3. The van der Waals surface area contributed by atoms with Gasteiger partial charge in [0.05, 0.1) is 12.5 Å². The van der Waals surface area contributed by atoms with Crippen LogP contribution in [0.5, 0.6) is 0 Å². The van der Waals surface area contributed by atoms with Gasteiger partial charge in [-0.2, -0.15) is 0 Å². The van der Waals surface area contributed by atoms with Crippen LogP contribution in [0.2, 0.25) is 0 Å². The Morgan fingerprint density at radius 1 is 1.67 bits per heavy atom. The van der Waals surface area contributed by atoms with E-state index in [9.17, 15) is 4.79 Å². The van der Waals surface area contributed by atoms with E-state index in [4.69, 9.17) is 10.2 Å². The summed E-state index contributed by atoms with van der Waals surface area (Å²) in [4.78, 5) is 13.4. The molecule has 0 aromatic carbocycles. The fourth-order valence-corrected chi connectivity index (χ4v) is 1.28. The highest BCUT2D eigenvalue weighted by molar-refractivity contribution is 5.76. The maximum Gasteiger partial charge on any atom is 0.222 e. The van der Waals surface area contributed by atoms with Crippen LogP contribution >= 0.6 is 0 Å². The monoisotopic (exact) mass is 210 g/mol. The van der Waals surface area contributed by atoms with E-state index in [1.165, 1.54) is 0 Å². The summed E-state index contributed by atoms with van der Waals surface area (Å²) in [5.41, 5.74) is 6.48. The Labute approximate surface area is 90.0 Å². The highest BCUT2D eigenvalue weighted by Crippen LogP contribution is 2.07. The number of nitrogens with zero attached hydrogens (tertiary/aromatic N) is 1. The molecule has 1 atom stereocenters. The summed E-state index contributed by atoms with van der Waals surface area (Å²) in [5, 5.41) is 0. The second kappa shape index (κ2) is 5.56. The van der Waals surface area contributed by atoms with Gasteiger partial charge in [0.15, 0.2) is 0 Å². The molecule has 0 fully saturated rings. The SMILES string of the molecule is CC(CN)CC(=O)N(C)Cc1ccoc1. The normalized spacial score (nSPS) is 12.5. The van der Waals surface area contributed by atoms with Gasteiger partial charge < -0.3 is 15.1 Å². The molecule has 0 aliphatic rings. The van der Waals surface area contributed by atoms with Crippen molar-refractivity contribution in [2.75, 3.05) is 13.6 Å². The minimum Gasteiger partial charge on any atom is -0.472 e. The van der Waals surface area contributed by atoms with Crippen LogP contribution in [-0.2, 0) is 11.3 Å². The summed E-state index contributed by atoms with van der Waals surface area (Å²) in [6, 6.07) is 1.86. The van der Waals surface area contributed by atoms with Crippen LogP contribution in [0, 0.1) is 5.92 Å². The van der Waals surface area contributed by atoms with Crippen molar-refractivity contribution in [3.8, 4) is 0 Å². The third-order valence-electron chi connectivity index (χ3n) is 2.35. The molecule has 84 valence electrons. The Morgan fingerprint density at radius 3 is 2.93 bits per heavy atom. The second-order valence-electron chi connectivity index (χ2n) is 3.93. The van der Waals surface area contributed by atoms with E-state index in [1.807, 2.05) is 13.0 Å². The first-order chi connectivity index (χ1) is 7.13. The fourth-order valence-electron chi connectivity index (χ4n) is 1.28. The Balaban J connectivity index is 2.40. The van der Waals surface area contributed by atoms with E-state index in [2.05, 4.69) is 0 Å². The molecule has 4 heteroatoms. The molecule has 1 heterocycles. The van der Waals surface area contributed by atoms with Gasteiger partial charge in [-0.25, -0.2) is 0 Å². The molecule has 0 saturated heterocycles. The number of amides is 1. The Morgan fingerprint density at radius 2 is 2.40 bits per heavy atom. The lowest BCUT2D eigenvalue weighted by molar-refractivity contribution is -0.131. The lowest BCUT2D eigenvalue weighted by Crippen LogP contribution is -2.29. The molecule has 0 aliphatic carbocycles. The van der Waals surface area contributed by atoms with E-state index >= 15 is 0 Å². The lowest BCUT2D eigenvalue weighted by atomic mass is 10.1. The summed E-state index contributed by atoms with van der Waals surface area (Å²) in [7, 11) is 1.79. The molecule has 0 spiro atoms. The molecular formula is C11H18N2O2. The van der Waals surface area contributed by atoms with Crippen molar-refractivity contribution in [3.05, 3.63) is 24.2 Å². The van der Waals surface area contributed by atoms with E-state index in [-0.39, 0.29) is 11.8 Å². The molecule has 15 heavy (non-hydrogen) atoms. The summed E-state index contributed by atoms with van der Waals surface area (Å²) in [5.74, 6) is 0.360. The number of hydrogen-bond donors (Lipinski definition) is 1. The van der Waals surface area contributed by atoms with Crippen molar-refractivity contribution in [2.24, 2.45) is 11.7 Å². The highest BCUT2D eigenvalue weighted by atomic mass is 16.3. The van der Waals surface area contributed by atoms with Gasteiger partial charge in [-0.1, -0.05) is 6.92 Å². The van der Waals surface area contributed by atoms with Gasteiger partial charge >= 0.3 is 0 Å². The molecule has 2 N–H and O–H groups in total. The van der Waals surface area contributed by atoms with Crippen LogP contribution in [-0.4, -0.2) is 24.4 Å². The summed E-state index contributed by atoms with van der Waals surface area (Å²) >= 11 is 0. The molecule has 1 rings (SSSR count). The molecule has 0 radical (unpaired) electrons. The first-order valence-electron chi connectivity index (χ1n) is 5.08. The zero-order valence-corrected chi connectivity index (χ0v) is 9.27. The van der Waals surface area contributed by atoms with Gasteiger partial charge in [-0.3, -0.25) is 4.79 Å². The molecule has 1 amide bonds. The Hall–Kier alpha value is -1.29. The number of carbonyl (C=O) groups is 1. The first-order valence-corrected chi connectivity index (χ1v) is 5.08. The van der Waals surface area contributed by atoms with Crippen molar-refractivity contribution >= 4 is 5.91 Å². The average Bonchev–Trinajstić information content (AvgIpc) is 2.70. The van der Waals surface area contributed by atoms with Crippen molar-refractivity contribution in [1.29, 1.82) is 0 Å². The van der Waals surface area contributed by atoms with E-state index in [0.29, 0.717) is 19.5 Å². The summed E-state index contributed by atoms with van der Waals surface area (Å²) in [6.07, 6.45) is 3.76. The number of nitrogens with two attached hydrogens (primary N) is 1. The molecule has 0 saturated carbocycles. The molecule has 1 aromatic rings. The third kappa shape index (κ3) is 3.75. The fraction of sp³-hybridized carbons (Fsp3) is 0.545. The number of rotatable bonds is 5.